The van der Waals surface area contributed by atoms with Crippen LogP contribution in [0.2, 0.25) is 0 Å². The van der Waals surface area contributed by atoms with E-state index in [-0.39, 0.29) is 12.5 Å². The molecule has 3 N–H and O–H groups in total. The van der Waals surface area contributed by atoms with Crippen molar-refractivity contribution in [1.82, 2.24) is 24.4 Å². The lowest BCUT2D eigenvalue weighted by Gasteiger charge is -2.26. The first-order valence-electron chi connectivity index (χ1n) is 15.0. The molecule has 5 rings (SSSR count). The molecule has 12 heteroatoms. The minimum atomic E-state index is -0.339. The molecule has 46 heavy (non-hydrogen) atoms. The van der Waals surface area contributed by atoms with Crippen molar-refractivity contribution < 1.29 is 19.4 Å². The fraction of sp³-hybridized carbons (Fsp3) is 0.294. The number of amides is 1. The maximum atomic E-state index is 13.5. The molecule has 0 saturated heterocycles. The molecule has 0 radical (unpaired) electrons. The van der Waals surface area contributed by atoms with Crippen LogP contribution in [0.25, 0.3) is 22.2 Å². The number of pyridine rings is 1. The van der Waals surface area contributed by atoms with Crippen LogP contribution < -0.4 is 25.0 Å². The van der Waals surface area contributed by atoms with E-state index < -0.39 is 0 Å². The zero-order valence-corrected chi connectivity index (χ0v) is 26.8. The standard InChI is InChI=1S/C34H40N8O4/c1-40(2)16-17-41(3)30-20-31(45-4)28(19-27(30)37-33(44)24-11-13-35-21-32(24)46-5)39-34-36-14-12-26(38-34)25-22-42(15-8-18-43)29-10-7-6-9-23(25)29/h6-7,9-14,19-22,43H,8,15-18H2,1-5H3,(H,37,44)(H,36,38,39). The molecule has 12 nitrogen and oxygen atoms in total. The average molecular weight is 625 g/mol. The van der Waals surface area contributed by atoms with Gasteiger partial charge in [0.2, 0.25) is 5.95 Å². The second kappa shape index (κ2) is 14.7. The van der Waals surface area contributed by atoms with E-state index in [4.69, 9.17) is 14.5 Å². The van der Waals surface area contributed by atoms with Gasteiger partial charge in [0.15, 0.2) is 0 Å². The van der Waals surface area contributed by atoms with E-state index in [1.54, 1.807) is 25.6 Å². The predicted octanol–water partition coefficient (Wildman–Crippen LogP) is 4.89. The van der Waals surface area contributed by atoms with Gasteiger partial charge in [0, 0.05) is 74.4 Å². The average Bonchev–Trinajstić information content (AvgIpc) is 3.45. The number of likely N-dealkylation sites (N-methyl/N-ethyl adjacent to an activating group) is 2. The molecule has 0 aliphatic carbocycles. The summed E-state index contributed by atoms with van der Waals surface area (Å²) in [5.74, 6) is 0.955. The molecule has 5 aromatic rings. The van der Waals surface area contributed by atoms with Crippen LogP contribution in [-0.4, -0.2) is 90.5 Å². The predicted molar refractivity (Wildman–Crippen MR) is 182 cm³/mol. The van der Waals surface area contributed by atoms with Crippen molar-refractivity contribution in [2.24, 2.45) is 0 Å². The van der Waals surface area contributed by atoms with Gasteiger partial charge in [0.05, 0.1) is 48.7 Å². The third kappa shape index (κ3) is 7.19. The van der Waals surface area contributed by atoms with Gasteiger partial charge >= 0.3 is 0 Å². The third-order valence-electron chi connectivity index (χ3n) is 7.63. The van der Waals surface area contributed by atoms with Crippen molar-refractivity contribution in [3.8, 4) is 22.8 Å². The third-order valence-corrected chi connectivity index (χ3v) is 7.63. The van der Waals surface area contributed by atoms with E-state index in [1.807, 2.05) is 51.5 Å². The van der Waals surface area contributed by atoms with Crippen molar-refractivity contribution >= 4 is 39.8 Å². The van der Waals surface area contributed by atoms with Gasteiger partial charge in [-0.15, -0.1) is 0 Å². The van der Waals surface area contributed by atoms with Crippen molar-refractivity contribution in [3.63, 3.8) is 0 Å². The van der Waals surface area contributed by atoms with E-state index >= 15 is 0 Å². The van der Waals surface area contributed by atoms with Crippen LogP contribution in [0.4, 0.5) is 23.0 Å². The highest BCUT2D eigenvalue weighted by Gasteiger charge is 2.20. The highest BCUT2D eigenvalue weighted by atomic mass is 16.5. The number of aryl methyl sites for hydroxylation is 1. The number of aromatic nitrogens is 4. The van der Waals surface area contributed by atoms with Gasteiger partial charge in [0.25, 0.3) is 5.91 Å². The smallest absolute Gasteiger partial charge is 0.259 e. The SMILES string of the molecule is COc1cc(N(C)CCN(C)C)c(NC(=O)c2ccncc2OC)cc1Nc1nccc(-c2cn(CCCO)c3ccccc23)n1. The number of nitrogens with one attached hydrogen (secondary N) is 2. The number of methoxy groups -OCH3 is 2. The normalized spacial score (nSPS) is 11.1. The highest BCUT2D eigenvalue weighted by Crippen LogP contribution is 2.39. The second-order valence-corrected chi connectivity index (χ2v) is 11.0. The molecule has 0 unspecified atom stereocenters. The summed E-state index contributed by atoms with van der Waals surface area (Å²) in [6.07, 6.45) is 7.48. The number of benzene rings is 2. The molecule has 2 aromatic carbocycles. The first-order chi connectivity index (χ1) is 22.3. The molecule has 0 saturated carbocycles. The number of hydrogen-bond acceptors (Lipinski definition) is 10. The number of anilines is 4. The number of carbonyl (C=O) groups is 1. The molecule has 3 aromatic heterocycles. The van der Waals surface area contributed by atoms with Crippen LogP contribution >= 0.6 is 0 Å². The quantitative estimate of drug-likeness (QED) is 0.157. The number of fused-ring (bicyclic) bond motifs is 1. The summed E-state index contributed by atoms with van der Waals surface area (Å²) < 4.78 is 13.3. The van der Waals surface area contributed by atoms with Crippen LogP contribution in [0.15, 0.2) is 73.3 Å². The maximum Gasteiger partial charge on any atom is 0.259 e. The number of carbonyl (C=O) groups excluding carboxylic acids is 1. The molecule has 0 atom stereocenters. The number of aliphatic hydroxyl groups excluding tert-OH is 1. The van der Waals surface area contributed by atoms with Crippen molar-refractivity contribution in [2.45, 2.75) is 13.0 Å². The number of para-hydroxylation sites is 1. The molecule has 240 valence electrons. The van der Waals surface area contributed by atoms with Crippen molar-refractivity contribution in [1.29, 1.82) is 0 Å². The number of nitrogens with zero attached hydrogens (tertiary/aromatic N) is 6. The minimum Gasteiger partial charge on any atom is -0.494 e. The Labute approximate surface area is 268 Å². The second-order valence-electron chi connectivity index (χ2n) is 11.0. The van der Waals surface area contributed by atoms with Crippen LogP contribution in [0.3, 0.4) is 0 Å². The summed E-state index contributed by atoms with van der Waals surface area (Å²) in [6.45, 7) is 2.33. The van der Waals surface area contributed by atoms with E-state index in [0.717, 1.165) is 34.4 Å². The maximum absolute atomic E-state index is 13.5. The Morgan fingerprint density at radius 3 is 2.54 bits per heavy atom. The molecule has 0 bridgehead atoms. The first-order valence-corrected chi connectivity index (χ1v) is 15.0. The molecule has 3 heterocycles. The summed E-state index contributed by atoms with van der Waals surface area (Å²) in [4.78, 5) is 31.1. The Morgan fingerprint density at radius 2 is 1.78 bits per heavy atom. The number of hydrogen-bond donors (Lipinski definition) is 3. The topological polar surface area (TPSA) is 130 Å². The summed E-state index contributed by atoms with van der Waals surface area (Å²) >= 11 is 0. The van der Waals surface area contributed by atoms with E-state index in [1.165, 1.54) is 13.3 Å². The lowest BCUT2D eigenvalue weighted by Crippen LogP contribution is -2.29. The molecule has 0 aliphatic heterocycles. The summed E-state index contributed by atoms with van der Waals surface area (Å²) in [5, 5.41) is 16.8. The Morgan fingerprint density at radius 1 is 0.978 bits per heavy atom. The Bertz CT molecular complexity index is 1810. The van der Waals surface area contributed by atoms with Crippen LogP contribution in [-0.2, 0) is 6.54 Å². The van der Waals surface area contributed by atoms with Gasteiger partial charge in [-0.05, 0) is 44.8 Å². The van der Waals surface area contributed by atoms with E-state index in [9.17, 15) is 9.90 Å². The number of ether oxygens (including phenoxy) is 2. The number of aliphatic hydroxyl groups is 1. The fourth-order valence-electron chi connectivity index (χ4n) is 5.21. The van der Waals surface area contributed by atoms with E-state index in [0.29, 0.717) is 53.9 Å². The summed E-state index contributed by atoms with van der Waals surface area (Å²) in [6, 6.07) is 15.3. The molecular weight excluding hydrogens is 584 g/mol. The molecule has 1 amide bonds. The first kappa shape index (κ1) is 32.2. The molecule has 0 fully saturated rings. The minimum absolute atomic E-state index is 0.119. The fourth-order valence-corrected chi connectivity index (χ4v) is 5.21. The Kier molecular flexibility index (Phi) is 10.3. The lowest BCUT2D eigenvalue weighted by molar-refractivity contribution is 0.102. The lowest BCUT2D eigenvalue weighted by atomic mass is 10.1. The van der Waals surface area contributed by atoms with Gasteiger partial charge < -0.3 is 39.6 Å². The summed E-state index contributed by atoms with van der Waals surface area (Å²) in [5.41, 5.74) is 5.05. The van der Waals surface area contributed by atoms with Crippen LogP contribution in [0.1, 0.15) is 16.8 Å². The van der Waals surface area contributed by atoms with Gasteiger partial charge in [-0.2, -0.15) is 0 Å². The highest BCUT2D eigenvalue weighted by molar-refractivity contribution is 6.08. The number of rotatable bonds is 14. The van der Waals surface area contributed by atoms with Crippen molar-refractivity contribution in [3.05, 3.63) is 78.9 Å². The Hall–Kier alpha value is -5.20. The van der Waals surface area contributed by atoms with Gasteiger partial charge in [-0.1, -0.05) is 18.2 Å². The van der Waals surface area contributed by atoms with Crippen molar-refractivity contribution in [2.75, 3.05) is 70.6 Å². The van der Waals surface area contributed by atoms with Gasteiger partial charge in [-0.3, -0.25) is 9.78 Å². The zero-order valence-electron chi connectivity index (χ0n) is 26.8. The largest absolute Gasteiger partial charge is 0.494 e. The molecular formula is C34H40N8O4. The van der Waals surface area contributed by atoms with Crippen LogP contribution in [0.5, 0.6) is 11.5 Å². The van der Waals surface area contributed by atoms with Crippen LogP contribution in [0, 0.1) is 0 Å². The Balaban J connectivity index is 1.52. The van der Waals surface area contributed by atoms with Gasteiger partial charge in [0.1, 0.15) is 11.5 Å². The van der Waals surface area contributed by atoms with Gasteiger partial charge in [-0.25, -0.2) is 9.97 Å². The van der Waals surface area contributed by atoms with E-state index in [2.05, 4.69) is 53.3 Å². The molecule has 0 aliphatic rings. The zero-order chi connectivity index (χ0) is 32.6. The molecule has 0 spiro atoms. The monoisotopic (exact) mass is 624 g/mol. The summed E-state index contributed by atoms with van der Waals surface area (Å²) in [7, 11) is 9.10.